The number of unbranched alkanes of at least 4 members (excludes halogenated alkanes) is 1. The second-order valence-electron chi connectivity index (χ2n) is 4.80. The summed E-state index contributed by atoms with van der Waals surface area (Å²) in [5.74, 6) is 0. The molecule has 20 heavy (non-hydrogen) atoms. The molecule has 0 spiro atoms. The monoisotopic (exact) mass is 265 g/mol. The van der Waals surface area contributed by atoms with E-state index in [1.54, 1.807) is 6.20 Å². The summed E-state index contributed by atoms with van der Waals surface area (Å²) in [7, 11) is 0. The largest absolute Gasteiger partial charge is 0.310 e. The summed E-state index contributed by atoms with van der Waals surface area (Å²) in [6.45, 7) is 3.02. The first-order valence-corrected chi connectivity index (χ1v) is 6.92. The third kappa shape index (κ3) is 3.91. The van der Waals surface area contributed by atoms with Crippen molar-refractivity contribution in [3.63, 3.8) is 0 Å². The van der Waals surface area contributed by atoms with Gasteiger partial charge in [0.1, 0.15) is 0 Å². The van der Waals surface area contributed by atoms with Gasteiger partial charge < -0.3 is 5.32 Å². The first-order chi connectivity index (χ1) is 9.81. The van der Waals surface area contributed by atoms with Crippen molar-refractivity contribution < 1.29 is 0 Å². The Morgan fingerprint density at radius 3 is 2.65 bits per heavy atom. The van der Waals surface area contributed by atoms with Gasteiger partial charge in [-0.1, -0.05) is 30.3 Å². The Bertz CT molecular complexity index is 555. The van der Waals surface area contributed by atoms with Gasteiger partial charge in [0.2, 0.25) is 0 Å². The van der Waals surface area contributed by atoms with Crippen LogP contribution in [0.15, 0.2) is 48.8 Å². The molecule has 0 radical (unpaired) electrons. The summed E-state index contributed by atoms with van der Waals surface area (Å²) in [4.78, 5) is 4.14. The van der Waals surface area contributed by atoms with E-state index in [2.05, 4.69) is 53.6 Å². The standard InChI is InChI=1S/C17H19N3/c1-14(20-12-3-2-10-18)15-6-8-16(9-7-15)17-5-4-11-19-13-17/h4-9,11,13-14,20H,2-3,12H2,1H3. The van der Waals surface area contributed by atoms with E-state index in [1.165, 1.54) is 11.1 Å². The van der Waals surface area contributed by atoms with Crippen molar-refractivity contribution in [1.82, 2.24) is 10.3 Å². The molecule has 0 saturated carbocycles. The predicted molar refractivity (Wildman–Crippen MR) is 80.9 cm³/mol. The molecule has 2 aromatic rings. The molecule has 0 aliphatic heterocycles. The second-order valence-corrected chi connectivity index (χ2v) is 4.80. The van der Waals surface area contributed by atoms with Crippen LogP contribution in [0.25, 0.3) is 11.1 Å². The van der Waals surface area contributed by atoms with Crippen LogP contribution in [0.5, 0.6) is 0 Å². The van der Waals surface area contributed by atoms with Crippen molar-refractivity contribution >= 4 is 0 Å². The third-order valence-electron chi connectivity index (χ3n) is 3.32. The van der Waals surface area contributed by atoms with Gasteiger partial charge in [0, 0.05) is 24.9 Å². The fourth-order valence-corrected chi connectivity index (χ4v) is 2.10. The van der Waals surface area contributed by atoms with Crippen LogP contribution in [-0.2, 0) is 0 Å². The summed E-state index contributed by atoms with van der Waals surface area (Å²) in [6, 6.07) is 15.0. The molecule has 1 atom stereocenters. The van der Waals surface area contributed by atoms with E-state index >= 15 is 0 Å². The SMILES string of the molecule is CC(NCCCC#N)c1ccc(-c2cccnc2)cc1. The lowest BCUT2D eigenvalue weighted by Crippen LogP contribution is -2.19. The molecule has 3 heteroatoms. The highest BCUT2D eigenvalue weighted by Crippen LogP contribution is 2.21. The zero-order valence-electron chi connectivity index (χ0n) is 11.7. The van der Waals surface area contributed by atoms with Gasteiger partial charge in [-0.05, 0) is 42.6 Å². The highest BCUT2D eigenvalue weighted by Gasteiger charge is 2.04. The minimum absolute atomic E-state index is 0.302. The second kappa shape index (κ2) is 7.42. The Morgan fingerprint density at radius 1 is 1.20 bits per heavy atom. The summed E-state index contributed by atoms with van der Waals surface area (Å²) >= 11 is 0. The average molecular weight is 265 g/mol. The lowest BCUT2D eigenvalue weighted by Gasteiger charge is -2.14. The summed E-state index contributed by atoms with van der Waals surface area (Å²) < 4.78 is 0. The van der Waals surface area contributed by atoms with Crippen molar-refractivity contribution in [2.24, 2.45) is 0 Å². The molecular formula is C17H19N3. The molecule has 0 aliphatic rings. The molecule has 1 heterocycles. The number of nitrogens with zero attached hydrogens (tertiary/aromatic N) is 2. The van der Waals surface area contributed by atoms with E-state index in [9.17, 15) is 0 Å². The van der Waals surface area contributed by atoms with E-state index < -0.39 is 0 Å². The first-order valence-electron chi connectivity index (χ1n) is 6.92. The van der Waals surface area contributed by atoms with Crippen molar-refractivity contribution in [2.75, 3.05) is 6.54 Å². The number of benzene rings is 1. The quantitative estimate of drug-likeness (QED) is 0.810. The van der Waals surface area contributed by atoms with Gasteiger partial charge in [-0.15, -0.1) is 0 Å². The van der Waals surface area contributed by atoms with Crippen LogP contribution in [0.1, 0.15) is 31.4 Å². The van der Waals surface area contributed by atoms with Gasteiger partial charge in [0.25, 0.3) is 0 Å². The first kappa shape index (κ1) is 14.2. The highest BCUT2D eigenvalue weighted by molar-refractivity contribution is 5.62. The lowest BCUT2D eigenvalue weighted by atomic mass is 10.0. The molecule has 102 valence electrons. The lowest BCUT2D eigenvalue weighted by molar-refractivity contribution is 0.562. The third-order valence-corrected chi connectivity index (χ3v) is 3.32. The normalized spacial score (nSPS) is 11.8. The molecule has 1 aromatic heterocycles. The van der Waals surface area contributed by atoms with Crippen LogP contribution in [0, 0.1) is 11.3 Å². The average Bonchev–Trinajstić information content (AvgIpc) is 2.52. The van der Waals surface area contributed by atoms with Gasteiger partial charge >= 0.3 is 0 Å². The van der Waals surface area contributed by atoms with Crippen molar-refractivity contribution in [1.29, 1.82) is 5.26 Å². The number of rotatable bonds is 6. The van der Waals surface area contributed by atoms with Crippen LogP contribution in [0.3, 0.4) is 0 Å². The molecule has 0 bridgehead atoms. The fourth-order valence-electron chi connectivity index (χ4n) is 2.10. The van der Waals surface area contributed by atoms with Gasteiger partial charge in [-0.25, -0.2) is 0 Å². The number of nitrogens with one attached hydrogen (secondary N) is 1. The molecule has 2 rings (SSSR count). The van der Waals surface area contributed by atoms with Crippen LogP contribution < -0.4 is 5.32 Å². The van der Waals surface area contributed by atoms with Crippen molar-refractivity contribution in [3.05, 3.63) is 54.4 Å². The van der Waals surface area contributed by atoms with Crippen LogP contribution in [0.4, 0.5) is 0 Å². The van der Waals surface area contributed by atoms with Gasteiger partial charge in [0.15, 0.2) is 0 Å². The molecule has 1 unspecified atom stereocenters. The van der Waals surface area contributed by atoms with E-state index in [-0.39, 0.29) is 0 Å². The molecule has 0 fully saturated rings. The molecule has 1 N–H and O–H groups in total. The number of hydrogen-bond acceptors (Lipinski definition) is 3. The topological polar surface area (TPSA) is 48.7 Å². The Labute approximate surface area is 120 Å². The summed E-state index contributed by atoms with van der Waals surface area (Å²) in [5.41, 5.74) is 3.57. The summed E-state index contributed by atoms with van der Waals surface area (Å²) in [6.07, 6.45) is 5.16. The van der Waals surface area contributed by atoms with E-state index in [4.69, 9.17) is 5.26 Å². The number of pyridine rings is 1. The highest BCUT2D eigenvalue weighted by atomic mass is 14.9. The maximum absolute atomic E-state index is 8.50. The van der Waals surface area contributed by atoms with Gasteiger partial charge in [-0.3, -0.25) is 4.98 Å². The van der Waals surface area contributed by atoms with Crippen LogP contribution >= 0.6 is 0 Å². The Kier molecular flexibility index (Phi) is 5.28. The van der Waals surface area contributed by atoms with Crippen LogP contribution in [0.2, 0.25) is 0 Å². The zero-order valence-corrected chi connectivity index (χ0v) is 11.7. The van der Waals surface area contributed by atoms with Crippen LogP contribution in [-0.4, -0.2) is 11.5 Å². The molecule has 0 aliphatic carbocycles. The molecule has 0 saturated heterocycles. The Hall–Kier alpha value is -2.18. The Balaban J connectivity index is 1.96. The number of nitriles is 1. The maximum Gasteiger partial charge on any atom is 0.0622 e. The van der Waals surface area contributed by atoms with E-state index in [1.807, 2.05) is 12.3 Å². The van der Waals surface area contributed by atoms with Gasteiger partial charge in [-0.2, -0.15) is 5.26 Å². The van der Waals surface area contributed by atoms with Crippen molar-refractivity contribution in [3.8, 4) is 17.2 Å². The Morgan fingerprint density at radius 2 is 2.00 bits per heavy atom. The predicted octanol–water partition coefficient (Wildman–Crippen LogP) is 3.70. The zero-order chi connectivity index (χ0) is 14.2. The minimum Gasteiger partial charge on any atom is -0.310 e. The molecule has 3 nitrogen and oxygen atoms in total. The summed E-state index contributed by atoms with van der Waals surface area (Å²) in [5, 5.41) is 11.9. The van der Waals surface area contributed by atoms with Gasteiger partial charge in [0.05, 0.1) is 6.07 Å². The van der Waals surface area contributed by atoms with E-state index in [0.717, 1.165) is 18.5 Å². The molecule has 1 aromatic carbocycles. The maximum atomic E-state index is 8.50. The molecule has 0 amide bonds. The minimum atomic E-state index is 0.302. The number of aromatic nitrogens is 1. The fraction of sp³-hybridized carbons (Fsp3) is 0.294. The van der Waals surface area contributed by atoms with E-state index in [0.29, 0.717) is 12.5 Å². The van der Waals surface area contributed by atoms with Crippen molar-refractivity contribution in [2.45, 2.75) is 25.8 Å². The number of hydrogen-bond donors (Lipinski definition) is 1. The smallest absolute Gasteiger partial charge is 0.0622 e. The molecular weight excluding hydrogens is 246 g/mol.